The molecule has 0 saturated carbocycles. The van der Waals surface area contributed by atoms with Crippen LogP contribution in [-0.2, 0) is 4.79 Å². The average molecular weight is 321 g/mol. The summed E-state index contributed by atoms with van der Waals surface area (Å²) in [5, 5.41) is 8.20. The summed E-state index contributed by atoms with van der Waals surface area (Å²) in [6.07, 6.45) is 1.81. The number of hydrogen-bond acceptors (Lipinski definition) is 5. The molecule has 118 valence electrons. The van der Waals surface area contributed by atoms with E-state index in [0.717, 1.165) is 12.8 Å². The maximum atomic E-state index is 12.4. The molecule has 7 heteroatoms. The van der Waals surface area contributed by atoms with E-state index in [9.17, 15) is 9.59 Å². The largest absolute Gasteiger partial charge is 0.360 e. The van der Waals surface area contributed by atoms with E-state index < -0.39 is 0 Å². The number of anilines is 1. The lowest BCUT2D eigenvalue weighted by Gasteiger charge is -2.21. The minimum atomic E-state index is -0.283. The second-order valence-corrected chi connectivity index (χ2v) is 5.88. The fraction of sp³-hybridized carbons (Fsp3) is 0.400. The van der Waals surface area contributed by atoms with Gasteiger partial charge in [-0.05, 0) is 24.8 Å². The molecule has 1 N–H and O–H groups in total. The zero-order chi connectivity index (χ0) is 15.9. The second kappa shape index (κ2) is 7.74. The van der Waals surface area contributed by atoms with Gasteiger partial charge >= 0.3 is 0 Å². The van der Waals surface area contributed by atoms with E-state index in [2.05, 4.69) is 10.5 Å². The Morgan fingerprint density at radius 3 is 2.86 bits per heavy atom. The molecule has 2 aromatic rings. The Hall–Kier alpha value is -2.15. The van der Waals surface area contributed by atoms with Gasteiger partial charge in [-0.1, -0.05) is 24.6 Å². The van der Waals surface area contributed by atoms with Crippen molar-refractivity contribution in [2.75, 3.05) is 18.4 Å². The molecule has 2 amide bonds. The van der Waals surface area contributed by atoms with E-state index in [1.807, 2.05) is 18.4 Å². The van der Waals surface area contributed by atoms with Crippen LogP contribution in [-0.4, -0.2) is 35.0 Å². The predicted octanol–water partition coefficient (Wildman–Crippen LogP) is 2.93. The average Bonchev–Trinajstić information content (AvgIpc) is 3.14. The fourth-order valence-corrected chi connectivity index (χ4v) is 2.63. The summed E-state index contributed by atoms with van der Waals surface area (Å²) in [5.41, 5.74) is 0. The van der Waals surface area contributed by atoms with Crippen molar-refractivity contribution in [3.63, 3.8) is 0 Å². The monoisotopic (exact) mass is 321 g/mol. The molecule has 6 nitrogen and oxygen atoms in total. The Morgan fingerprint density at radius 1 is 1.45 bits per heavy atom. The van der Waals surface area contributed by atoms with Crippen molar-refractivity contribution in [2.24, 2.45) is 0 Å². The summed E-state index contributed by atoms with van der Waals surface area (Å²) >= 11 is 1.38. The molecule has 2 aromatic heterocycles. The molecule has 0 aromatic carbocycles. The van der Waals surface area contributed by atoms with Crippen LogP contribution >= 0.6 is 11.3 Å². The number of nitrogens with zero attached hydrogens (tertiary/aromatic N) is 2. The lowest BCUT2D eigenvalue weighted by molar-refractivity contribution is -0.116. The Balaban J connectivity index is 1.99. The van der Waals surface area contributed by atoms with Gasteiger partial charge in [0.25, 0.3) is 5.91 Å². The lowest BCUT2D eigenvalue weighted by atomic mass is 10.3. The number of aryl methyl sites for hydroxylation is 1. The third-order valence-corrected chi connectivity index (χ3v) is 3.89. The lowest BCUT2D eigenvalue weighted by Crippen LogP contribution is -2.38. The molecule has 0 bridgehead atoms. The standard InChI is InChI=1S/C15H19N3O3S/c1-3-4-7-18(15(20)12-6-5-8-22-12)10-14(19)16-13-9-11(2)21-17-13/h5-6,8-9H,3-4,7,10H2,1-2H3,(H,16,17,19). The van der Waals surface area contributed by atoms with Gasteiger partial charge < -0.3 is 14.7 Å². The van der Waals surface area contributed by atoms with Crippen LogP contribution in [0.25, 0.3) is 0 Å². The summed E-state index contributed by atoms with van der Waals surface area (Å²) in [4.78, 5) is 26.7. The first-order valence-electron chi connectivity index (χ1n) is 7.16. The van der Waals surface area contributed by atoms with Crippen LogP contribution in [0.2, 0.25) is 0 Å². The summed E-state index contributed by atoms with van der Waals surface area (Å²) in [7, 11) is 0. The van der Waals surface area contributed by atoms with Gasteiger partial charge in [0.1, 0.15) is 12.3 Å². The van der Waals surface area contributed by atoms with Crippen LogP contribution in [0.15, 0.2) is 28.1 Å². The molecule has 0 radical (unpaired) electrons. The van der Waals surface area contributed by atoms with Crippen molar-refractivity contribution >= 4 is 29.0 Å². The molecule has 22 heavy (non-hydrogen) atoms. The van der Waals surface area contributed by atoms with E-state index in [0.29, 0.717) is 23.0 Å². The number of hydrogen-bond donors (Lipinski definition) is 1. The third-order valence-electron chi connectivity index (χ3n) is 3.03. The Bertz CT molecular complexity index is 622. The van der Waals surface area contributed by atoms with Crippen molar-refractivity contribution in [1.29, 1.82) is 0 Å². The molecule has 0 aliphatic rings. The van der Waals surface area contributed by atoms with Crippen LogP contribution in [0, 0.1) is 6.92 Å². The summed E-state index contributed by atoms with van der Waals surface area (Å²) in [6, 6.07) is 5.23. The Morgan fingerprint density at radius 2 is 2.27 bits per heavy atom. The normalized spacial score (nSPS) is 10.5. The second-order valence-electron chi connectivity index (χ2n) is 4.93. The number of unbranched alkanes of at least 4 members (excludes halogenated alkanes) is 1. The van der Waals surface area contributed by atoms with E-state index in [1.54, 1.807) is 24.0 Å². The summed E-state index contributed by atoms with van der Waals surface area (Å²) < 4.78 is 4.90. The highest BCUT2D eigenvalue weighted by Crippen LogP contribution is 2.13. The highest BCUT2D eigenvalue weighted by atomic mass is 32.1. The first-order valence-corrected chi connectivity index (χ1v) is 8.04. The van der Waals surface area contributed by atoms with Crippen LogP contribution < -0.4 is 5.32 Å². The summed E-state index contributed by atoms with van der Waals surface area (Å²) in [5.74, 6) is 0.582. The van der Waals surface area contributed by atoms with E-state index in [-0.39, 0.29) is 18.4 Å². The molecule has 0 saturated heterocycles. The van der Waals surface area contributed by atoms with Crippen LogP contribution in [0.1, 0.15) is 35.2 Å². The molecular formula is C15H19N3O3S. The molecule has 0 spiro atoms. The van der Waals surface area contributed by atoms with Gasteiger partial charge in [0.2, 0.25) is 5.91 Å². The number of carbonyl (C=O) groups excluding carboxylic acids is 2. The number of rotatable bonds is 7. The van der Waals surface area contributed by atoms with Crippen molar-refractivity contribution in [3.8, 4) is 0 Å². The molecule has 2 rings (SSSR count). The van der Waals surface area contributed by atoms with Gasteiger partial charge in [-0.3, -0.25) is 9.59 Å². The number of carbonyl (C=O) groups is 2. The van der Waals surface area contributed by atoms with Crippen LogP contribution in [0.3, 0.4) is 0 Å². The van der Waals surface area contributed by atoms with Crippen molar-refractivity contribution in [3.05, 3.63) is 34.2 Å². The van der Waals surface area contributed by atoms with Gasteiger partial charge in [-0.15, -0.1) is 11.3 Å². The number of nitrogens with one attached hydrogen (secondary N) is 1. The van der Waals surface area contributed by atoms with E-state index in [4.69, 9.17) is 4.52 Å². The quantitative estimate of drug-likeness (QED) is 0.851. The van der Waals surface area contributed by atoms with Crippen molar-refractivity contribution in [2.45, 2.75) is 26.7 Å². The van der Waals surface area contributed by atoms with Crippen molar-refractivity contribution < 1.29 is 14.1 Å². The highest BCUT2D eigenvalue weighted by molar-refractivity contribution is 7.12. The topological polar surface area (TPSA) is 75.4 Å². The number of aromatic nitrogens is 1. The fourth-order valence-electron chi connectivity index (χ4n) is 1.94. The van der Waals surface area contributed by atoms with Gasteiger partial charge in [0.05, 0.1) is 4.88 Å². The predicted molar refractivity (Wildman–Crippen MR) is 85.0 cm³/mol. The van der Waals surface area contributed by atoms with E-state index >= 15 is 0 Å². The maximum absolute atomic E-state index is 12.4. The first-order chi connectivity index (χ1) is 10.6. The molecular weight excluding hydrogens is 302 g/mol. The van der Waals surface area contributed by atoms with Gasteiger partial charge in [-0.25, -0.2) is 0 Å². The SMILES string of the molecule is CCCCN(CC(=O)Nc1cc(C)on1)C(=O)c1cccs1. The smallest absolute Gasteiger partial charge is 0.264 e. The van der Waals surface area contributed by atoms with Gasteiger partial charge in [0.15, 0.2) is 5.82 Å². The molecule has 0 aliphatic heterocycles. The molecule has 2 heterocycles. The first kappa shape index (κ1) is 16.2. The highest BCUT2D eigenvalue weighted by Gasteiger charge is 2.19. The maximum Gasteiger partial charge on any atom is 0.264 e. The molecule has 0 unspecified atom stereocenters. The molecule has 0 aliphatic carbocycles. The zero-order valence-electron chi connectivity index (χ0n) is 12.7. The van der Waals surface area contributed by atoms with E-state index in [1.165, 1.54) is 11.3 Å². The minimum absolute atomic E-state index is 0.00262. The van der Waals surface area contributed by atoms with Gasteiger partial charge in [-0.2, -0.15) is 0 Å². The zero-order valence-corrected chi connectivity index (χ0v) is 13.5. The van der Waals surface area contributed by atoms with Crippen LogP contribution in [0.5, 0.6) is 0 Å². The van der Waals surface area contributed by atoms with Crippen LogP contribution in [0.4, 0.5) is 5.82 Å². The summed E-state index contributed by atoms with van der Waals surface area (Å²) in [6.45, 7) is 4.35. The molecule has 0 atom stereocenters. The van der Waals surface area contributed by atoms with Gasteiger partial charge in [0, 0.05) is 12.6 Å². The molecule has 0 fully saturated rings. The Labute approximate surface area is 133 Å². The Kier molecular flexibility index (Phi) is 5.71. The van der Waals surface area contributed by atoms with Crippen molar-refractivity contribution in [1.82, 2.24) is 10.1 Å². The third kappa shape index (κ3) is 4.42. The minimum Gasteiger partial charge on any atom is -0.360 e. The number of thiophene rings is 1. The number of amides is 2.